The SMILES string of the molecule is CCC(CC)Nc1c2c(nc3c(-c4ccc(OC)cc4Cl)c(C)nn13)CC(O)C2. The number of aryl methyl sites for hydroxylation is 1. The largest absolute Gasteiger partial charge is 0.497 e. The van der Waals surface area contributed by atoms with E-state index in [1.165, 1.54) is 0 Å². The maximum absolute atomic E-state index is 10.3. The number of benzene rings is 1. The molecule has 0 saturated carbocycles. The van der Waals surface area contributed by atoms with Gasteiger partial charge in [0.15, 0.2) is 5.65 Å². The van der Waals surface area contributed by atoms with Gasteiger partial charge in [0.1, 0.15) is 11.6 Å². The van der Waals surface area contributed by atoms with E-state index < -0.39 is 6.10 Å². The van der Waals surface area contributed by atoms with Gasteiger partial charge in [0.2, 0.25) is 0 Å². The Labute approximate surface area is 175 Å². The molecule has 2 heterocycles. The first kappa shape index (κ1) is 20.0. The van der Waals surface area contributed by atoms with Crippen molar-refractivity contribution in [3.8, 4) is 16.9 Å². The summed E-state index contributed by atoms with van der Waals surface area (Å²) in [6.07, 6.45) is 2.77. The summed E-state index contributed by atoms with van der Waals surface area (Å²) in [6.45, 7) is 6.32. The molecular weight excluding hydrogens is 388 g/mol. The molecule has 7 heteroatoms. The Morgan fingerprint density at radius 1 is 1.31 bits per heavy atom. The average molecular weight is 415 g/mol. The number of hydrogen-bond donors (Lipinski definition) is 2. The van der Waals surface area contributed by atoms with Crippen LogP contribution in [0.5, 0.6) is 5.75 Å². The van der Waals surface area contributed by atoms with Gasteiger partial charge >= 0.3 is 0 Å². The number of ether oxygens (including phenoxy) is 1. The molecule has 4 rings (SSSR count). The molecule has 1 aliphatic rings. The van der Waals surface area contributed by atoms with E-state index >= 15 is 0 Å². The van der Waals surface area contributed by atoms with Gasteiger partial charge in [-0.15, -0.1) is 0 Å². The van der Waals surface area contributed by atoms with Crippen LogP contribution in [0.2, 0.25) is 5.02 Å². The first-order chi connectivity index (χ1) is 14.0. The monoisotopic (exact) mass is 414 g/mol. The van der Waals surface area contributed by atoms with Gasteiger partial charge in [-0.3, -0.25) is 0 Å². The molecule has 1 unspecified atom stereocenters. The van der Waals surface area contributed by atoms with Gasteiger partial charge in [-0.25, -0.2) is 4.98 Å². The summed E-state index contributed by atoms with van der Waals surface area (Å²) in [7, 11) is 1.62. The van der Waals surface area contributed by atoms with Gasteiger partial charge in [0.25, 0.3) is 0 Å². The van der Waals surface area contributed by atoms with Crippen molar-refractivity contribution in [2.75, 3.05) is 12.4 Å². The Morgan fingerprint density at radius 2 is 2.07 bits per heavy atom. The number of anilines is 1. The fourth-order valence-corrected chi connectivity index (χ4v) is 4.39. The zero-order valence-corrected chi connectivity index (χ0v) is 18.0. The van der Waals surface area contributed by atoms with Crippen LogP contribution in [0.25, 0.3) is 16.8 Å². The number of nitrogens with one attached hydrogen (secondary N) is 1. The van der Waals surface area contributed by atoms with Gasteiger partial charge in [-0.1, -0.05) is 25.4 Å². The quantitative estimate of drug-likeness (QED) is 0.624. The predicted octanol–water partition coefficient (Wildman–Crippen LogP) is 4.43. The van der Waals surface area contributed by atoms with Crippen molar-refractivity contribution in [2.45, 2.75) is 58.6 Å². The summed E-state index contributed by atoms with van der Waals surface area (Å²) in [4.78, 5) is 4.92. The lowest BCUT2D eigenvalue weighted by molar-refractivity contribution is 0.186. The normalized spacial score (nSPS) is 15.9. The Kier molecular flexibility index (Phi) is 5.40. The average Bonchev–Trinajstić information content (AvgIpc) is 3.23. The van der Waals surface area contributed by atoms with Gasteiger partial charge in [0, 0.05) is 30.0 Å². The van der Waals surface area contributed by atoms with Gasteiger partial charge in [0.05, 0.1) is 35.2 Å². The third-order valence-electron chi connectivity index (χ3n) is 5.76. The molecule has 154 valence electrons. The van der Waals surface area contributed by atoms with Crippen LogP contribution in [0.3, 0.4) is 0 Å². The Bertz CT molecular complexity index is 1060. The van der Waals surface area contributed by atoms with Crippen molar-refractivity contribution in [3.63, 3.8) is 0 Å². The second-order valence-electron chi connectivity index (χ2n) is 7.65. The van der Waals surface area contributed by atoms with Crippen molar-refractivity contribution in [3.05, 3.63) is 40.2 Å². The van der Waals surface area contributed by atoms with Crippen molar-refractivity contribution in [1.82, 2.24) is 14.6 Å². The second-order valence-corrected chi connectivity index (χ2v) is 8.05. The van der Waals surface area contributed by atoms with Crippen LogP contribution in [0.15, 0.2) is 18.2 Å². The molecule has 0 radical (unpaired) electrons. The molecule has 6 nitrogen and oxygen atoms in total. The summed E-state index contributed by atoms with van der Waals surface area (Å²) in [6, 6.07) is 5.98. The van der Waals surface area contributed by atoms with Gasteiger partial charge in [-0.2, -0.15) is 9.61 Å². The van der Waals surface area contributed by atoms with Crippen molar-refractivity contribution < 1.29 is 9.84 Å². The van der Waals surface area contributed by atoms with Crippen LogP contribution < -0.4 is 10.1 Å². The highest BCUT2D eigenvalue weighted by Crippen LogP contribution is 2.38. The summed E-state index contributed by atoms with van der Waals surface area (Å²) in [5, 5.41) is 19.4. The molecule has 1 aliphatic carbocycles. The molecule has 0 saturated heterocycles. The van der Waals surface area contributed by atoms with E-state index in [2.05, 4.69) is 19.2 Å². The van der Waals surface area contributed by atoms with Gasteiger partial charge in [-0.05, 0) is 38.0 Å². The fourth-order valence-electron chi connectivity index (χ4n) is 4.12. The Balaban J connectivity index is 1.95. The van der Waals surface area contributed by atoms with Crippen LogP contribution in [0.4, 0.5) is 5.82 Å². The van der Waals surface area contributed by atoms with Gasteiger partial charge < -0.3 is 15.2 Å². The van der Waals surface area contributed by atoms with Crippen LogP contribution in [-0.4, -0.2) is 39.0 Å². The van der Waals surface area contributed by atoms with E-state index in [1.807, 2.05) is 23.6 Å². The number of rotatable bonds is 6. The molecular formula is C22H27ClN4O2. The third kappa shape index (κ3) is 3.45. The molecule has 29 heavy (non-hydrogen) atoms. The second kappa shape index (κ2) is 7.84. The summed E-state index contributed by atoms with van der Waals surface area (Å²) in [5.74, 6) is 1.65. The summed E-state index contributed by atoms with van der Waals surface area (Å²) >= 11 is 6.58. The lowest BCUT2D eigenvalue weighted by Crippen LogP contribution is -2.21. The van der Waals surface area contributed by atoms with E-state index in [1.54, 1.807) is 13.2 Å². The lowest BCUT2D eigenvalue weighted by Gasteiger charge is -2.19. The zero-order chi connectivity index (χ0) is 20.7. The first-order valence-electron chi connectivity index (χ1n) is 10.2. The zero-order valence-electron chi connectivity index (χ0n) is 17.3. The van der Waals surface area contributed by atoms with E-state index in [4.69, 9.17) is 26.4 Å². The van der Waals surface area contributed by atoms with E-state index in [-0.39, 0.29) is 0 Å². The maximum atomic E-state index is 10.3. The van der Waals surface area contributed by atoms with Crippen LogP contribution in [0.1, 0.15) is 43.6 Å². The number of halogens is 1. The topological polar surface area (TPSA) is 71.7 Å². The first-order valence-corrected chi connectivity index (χ1v) is 10.5. The molecule has 0 aliphatic heterocycles. The number of methoxy groups -OCH3 is 1. The fraction of sp³-hybridized carbons (Fsp3) is 0.455. The summed E-state index contributed by atoms with van der Waals surface area (Å²) < 4.78 is 7.18. The van der Waals surface area contributed by atoms with Crippen LogP contribution in [0, 0.1) is 6.92 Å². The number of fused-ring (bicyclic) bond motifs is 2. The molecule has 3 aromatic rings. The molecule has 0 fully saturated rings. The number of aliphatic hydroxyl groups excluding tert-OH is 1. The molecule has 0 bridgehead atoms. The maximum Gasteiger partial charge on any atom is 0.165 e. The third-order valence-corrected chi connectivity index (χ3v) is 6.08. The molecule has 2 N–H and O–H groups in total. The molecule has 2 aromatic heterocycles. The minimum atomic E-state index is -0.402. The molecule has 0 amide bonds. The number of hydrogen-bond acceptors (Lipinski definition) is 5. The molecule has 0 spiro atoms. The van der Waals surface area contributed by atoms with E-state index in [0.29, 0.717) is 29.7 Å². The highest BCUT2D eigenvalue weighted by molar-refractivity contribution is 6.33. The van der Waals surface area contributed by atoms with Crippen molar-refractivity contribution >= 4 is 23.1 Å². The minimum absolute atomic E-state index is 0.333. The van der Waals surface area contributed by atoms with E-state index in [9.17, 15) is 5.11 Å². The number of nitrogens with zero attached hydrogens (tertiary/aromatic N) is 3. The van der Waals surface area contributed by atoms with E-state index in [0.717, 1.165) is 52.4 Å². The molecule has 1 aromatic carbocycles. The number of aliphatic hydroxyl groups is 1. The predicted molar refractivity (Wildman–Crippen MR) is 116 cm³/mol. The highest BCUT2D eigenvalue weighted by atomic mass is 35.5. The number of aromatic nitrogens is 3. The minimum Gasteiger partial charge on any atom is -0.497 e. The summed E-state index contributed by atoms with van der Waals surface area (Å²) in [5.41, 5.74) is 5.40. The Morgan fingerprint density at radius 3 is 2.72 bits per heavy atom. The smallest absolute Gasteiger partial charge is 0.165 e. The van der Waals surface area contributed by atoms with Crippen molar-refractivity contribution in [1.29, 1.82) is 0 Å². The standard InChI is InChI=1S/C22H27ClN4O2/c1-5-13(6-2)24-21-17-9-14(28)10-19(17)25-22-20(12(3)26-27(21)22)16-8-7-15(29-4)11-18(16)23/h7-8,11,13-14,24,28H,5-6,9-10H2,1-4H3. The van der Waals surface area contributed by atoms with Crippen LogP contribution >= 0.6 is 11.6 Å². The molecule has 1 atom stereocenters. The van der Waals surface area contributed by atoms with Crippen LogP contribution in [-0.2, 0) is 12.8 Å². The lowest BCUT2D eigenvalue weighted by atomic mass is 10.1. The Hall–Kier alpha value is -2.31. The highest BCUT2D eigenvalue weighted by Gasteiger charge is 2.29. The van der Waals surface area contributed by atoms with Crippen molar-refractivity contribution in [2.24, 2.45) is 0 Å².